The van der Waals surface area contributed by atoms with Crippen molar-refractivity contribution in [1.29, 1.82) is 0 Å². The van der Waals surface area contributed by atoms with Crippen LogP contribution in [0.25, 0.3) is 0 Å². The summed E-state index contributed by atoms with van der Waals surface area (Å²) in [5, 5.41) is 0. The average molecular weight is 218 g/mol. The van der Waals surface area contributed by atoms with E-state index in [9.17, 15) is 8.78 Å². The van der Waals surface area contributed by atoms with Crippen LogP contribution in [0.1, 0.15) is 26.2 Å². The Bertz CT molecular complexity index is 213. The van der Waals surface area contributed by atoms with Crippen LogP contribution in [0.3, 0.4) is 0 Å². The highest BCUT2D eigenvalue weighted by atomic mass is 19.3. The first-order valence-corrected chi connectivity index (χ1v) is 5.80. The van der Waals surface area contributed by atoms with E-state index >= 15 is 0 Å². The smallest absolute Gasteiger partial charge is 0.250 e. The zero-order chi connectivity index (χ0) is 11.1. The van der Waals surface area contributed by atoms with Gasteiger partial charge in [0.2, 0.25) is 0 Å². The molecule has 2 heterocycles. The maximum atomic E-state index is 13.0. The lowest BCUT2D eigenvalue weighted by Gasteiger charge is -2.35. The molecule has 2 atom stereocenters. The van der Waals surface area contributed by atoms with Crippen LogP contribution in [0.5, 0.6) is 0 Å². The van der Waals surface area contributed by atoms with Gasteiger partial charge in [-0.2, -0.15) is 0 Å². The van der Waals surface area contributed by atoms with Crippen molar-refractivity contribution in [2.24, 2.45) is 0 Å². The summed E-state index contributed by atoms with van der Waals surface area (Å²) in [6.45, 7) is 4.38. The van der Waals surface area contributed by atoms with Crippen molar-refractivity contribution >= 4 is 0 Å². The summed E-state index contributed by atoms with van der Waals surface area (Å²) in [6.07, 6.45) is 1.21. The summed E-state index contributed by atoms with van der Waals surface area (Å²) in [5.74, 6) is -2.41. The third-order valence-electron chi connectivity index (χ3n) is 3.91. The zero-order valence-corrected chi connectivity index (χ0v) is 9.55. The molecule has 0 aromatic carbocycles. The highest BCUT2D eigenvalue weighted by Crippen LogP contribution is 2.31. The van der Waals surface area contributed by atoms with Gasteiger partial charge in [0.1, 0.15) is 0 Å². The van der Waals surface area contributed by atoms with Gasteiger partial charge in [-0.1, -0.05) is 0 Å². The number of rotatable bonds is 1. The summed E-state index contributed by atoms with van der Waals surface area (Å²) < 4.78 is 26.0. The number of likely N-dealkylation sites (tertiary alicyclic amines) is 2. The van der Waals surface area contributed by atoms with Crippen molar-refractivity contribution in [1.82, 2.24) is 9.80 Å². The van der Waals surface area contributed by atoms with E-state index < -0.39 is 5.92 Å². The quantitative estimate of drug-likeness (QED) is 0.662. The lowest BCUT2D eigenvalue weighted by atomic mass is 10.0. The molecule has 0 aromatic heterocycles. The Morgan fingerprint density at radius 3 is 2.27 bits per heavy atom. The van der Waals surface area contributed by atoms with Crippen LogP contribution in [0.15, 0.2) is 0 Å². The van der Waals surface area contributed by atoms with Crippen molar-refractivity contribution in [2.75, 3.05) is 26.7 Å². The molecule has 2 fully saturated rings. The molecular weight excluding hydrogens is 198 g/mol. The molecule has 88 valence electrons. The van der Waals surface area contributed by atoms with Crippen LogP contribution in [0, 0.1) is 0 Å². The number of likely N-dealkylation sites (N-methyl/N-ethyl adjacent to an activating group) is 1. The van der Waals surface area contributed by atoms with Crippen molar-refractivity contribution in [3.8, 4) is 0 Å². The summed E-state index contributed by atoms with van der Waals surface area (Å²) in [6, 6.07) is 1.10. The number of halogens is 2. The Morgan fingerprint density at radius 1 is 1.20 bits per heavy atom. The number of alkyl halides is 2. The molecule has 0 N–H and O–H groups in total. The number of nitrogens with zero attached hydrogens (tertiary/aromatic N) is 2. The van der Waals surface area contributed by atoms with Gasteiger partial charge in [0.25, 0.3) is 5.92 Å². The van der Waals surface area contributed by atoms with E-state index in [0.29, 0.717) is 25.2 Å². The summed E-state index contributed by atoms with van der Waals surface area (Å²) >= 11 is 0. The molecule has 2 aliphatic heterocycles. The van der Waals surface area contributed by atoms with Crippen molar-refractivity contribution in [2.45, 2.75) is 44.2 Å². The molecule has 2 aliphatic rings. The monoisotopic (exact) mass is 218 g/mol. The standard InChI is InChI=1S/C11H20F2N2/c1-9-7-10(8-14(9)2)15-5-3-11(12,13)4-6-15/h9-10H,3-8H2,1-2H3/t9-,10?/m0/s1. The molecule has 0 aliphatic carbocycles. The predicted molar refractivity (Wildman–Crippen MR) is 56.3 cm³/mol. The Labute approximate surface area is 90.2 Å². The number of hydrogen-bond acceptors (Lipinski definition) is 2. The van der Waals surface area contributed by atoms with Gasteiger partial charge in [-0.25, -0.2) is 8.78 Å². The molecular formula is C11H20F2N2. The topological polar surface area (TPSA) is 6.48 Å². The SMILES string of the molecule is C[C@H]1CC(N2CCC(F)(F)CC2)CN1C. The molecule has 0 aromatic rings. The van der Waals surface area contributed by atoms with E-state index in [1.165, 1.54) is 0 Å². The van der Waals surface area contributed by atoms with E-state index in [-0.39, 0.29) is 12.8 Å². The first-order valence-electron chi connectivity index (χ1n) is 5.80. The minimum absolute atomic E-state index is 0.0432. The third-order valence-corrected chi connectivity index (χ3v) is 3.91. The van der Waals surface area contributed by atoms with Crippen LogP contribution in [0.4, 0.5) is 8.78 Å². The molecule has 2 rings (SSSR count). The number of piperidine rings is 1. The van der Waals surface area contributed by atoms with Gasteiger partial charge in [0.15, 0.2) is 0 Å². The average Bonchev–Trinajstić information content (AvgIpc) is 2.47. The first-order chi connectivity index (χ1) is 6.98. The van der Waals surface area contributed by atoms with Gasteiger partial charge >= 0.3 is 0 Å². The Kier molecular flexibility index (Phi) is 2.99. The van der Waals surface area contributed by atoms with Crippen molar-refractivity contribution < 1.29 is 8.78 Å². The fourth-order valence-corrected chi connectivity index (χ4v) is 2.64. The summed E-state index contributed by atoms with van der Waals surface area (Å²) in [5.41, 5.74) is 0. The number of hydrogen-bond donors (Lipinski definition) is 0. The highest BCUT2D eigenvalue weighted by Gasteiger charge is 2.38. The van der Waals surface area contributed by atoms with Gasteiger partial charge in [0.05, 0.1) is 0 Å². The summed E-state index contributed by atoms with van der Waals surface area (Å²) in [7, 11) is 2.11. The van der Waals surface area contributed by atoms with E-state index in [1.807, 2.05) is 0 Å². The second-order valence-corrected chi connectivity index (χ2v) is 5.07. The molecule has 0 amide bonds. The van der Waals surface area contributed by atoms with Gasteiger partial charge in [0, 0.05) is 44.6 Å². The maximum absolute atomic E-state index is 13.0. The van der Waals surface area contributed by atoms with E-state index in [2.05, 4.69) is 23.8 Å². The molecule has 0 spiro atoms. The third kappa shape index (κ3) is 2.48. The molecule has 1 unspecified atom stereocenters. The Balaban J connectivity index is 1.86. The molecule has 4 heteroatoms. The van der Waals surface area contributed by atoms with Gasteiger partial charge < -0.3 is 4.90 Å². The van der Waals surface area contributed by atoms with Gasteiger partial charge in [-0.05, 0) is 20.4 Å². The van der Waals surface area contributed by atoms with E-state index in [1.54, 1.807) is 0 Å². The second-order valence-electron chi connectivity index (χ2n) is 5.07. The fourth-order valence-electron chi connectivity index (χ4n) is 2.64. The van der Waals surface area contributed by atoms with Crippen molar-refractivity contribution in [3.05, 3.63) is 0 Å². The summed E-state index contributed by atoms with van der Waals surface area (Å²) in [4.78, 5) is 4.56. The van der Waals surface area contributed by atoms with Crippen LogP contribution in [-0.2, 0) is 0 Å². The Hall–Kier alpha value is -0.220. The lowest BCUT2D eigenvalue weighted by molar-refractivity contribution is -0.0620. The molecule has 0 saturated carbocycles. The molecule has 15 heavy (non-hydrogen) atoms. The maximum Gasteiger partial charge on any atom is 0.250 e. The second kappa shape index (κ2) is 3.98. The van der Waals surface area contributed by atoms with E-state index in [0.717, 1.165) is 13.0 Å². The largest absolute Gasteiger partial charge is 0.302 e. The predicted octanol–water partition coefficient (Wildman–Crippen LogP) is 1.81. The van der Waals surface area contributed by atoms with Gasteiger partial charge in [-0.15, -0.1) is 0 Å². The minimum atomic E-state index is -2.41. The zero-order valence-electron chi connectivity index (χ0n) is 9.55. The van der Waals surface area contributed by atoms with Crippen molar-refractivity contribution in [3.63, 3.8) is 0 Å². The van der Waals surface area contributed by atoms with Gasteiger partial charge in [-0.3, -0.25) is 4.90 Å². The van der Waals surface area contributed by atoms with Crippen LogP contribution in [0.2, 0.25) is 0 Å². The molecule has 0 radical (unpaired) electrons. The lowest BCUT2D eigenvalue weighted by Crippen LogP contribution is -2.45. The molecule has 2 nitrogen and oxygen atoms in total. The van der Waals surface area contributed by atoms with Crippen LogP contribution in [-0.4, -0.2) is 54.5 Å². The van der Waals surface area contributed by atoms with Crippen LogP contribution < -0.4 is 0 Å². The van der Waals surface area contributed by atoms with Crippen LogP contribution >= 0.6 is 0 Å². The fraction of sp³-hybridized carbons (Fsp3) is 1.00. The minimum Gasteiger partial charge on any atom is -0.302 e. The van der Waals surface area contributed by atoms with E-state index in [4.69, 9.17) is 0 Å². The Morgan fingerprint density at radius 2 is 1.80 bits per heavy atom. The normalized spacial score (nSPS) is 38.4. The molecule has 2 saturated heterocycles. The highest BCUT2D eigenvalue weighted by molar-refractivity contribution is 4.90. The molecule has 0 bridgehead atoms. The first kappa shape index (κ1) is 11.3.